The molecule has 10 heteroatoms. The second-order valence-electron chi connectivity index (χ2n) is 7.25. The smallest absolute Gasteiger partial charge is 0.343 e. The van der Waals surface area contributed by atoms with Gasteiger partial charge in [0.25, 0.3) is 5.69 Å². The van der Waals surface area contributed by atoms with Gasteiger partial charge in [-0.15, -0.1) is 0 Å². The highest BCUT2D eigenvalue weighted by Crippen LogP contribution is 2.40. The van der Waals surface area contributed by atoms with Gasteiger partial charge in [-0.05, 0) is 48.0 Å². The number of nitro groups is 1. The molecule has 0 N–H and O–H groups in total. The van der Waals surface area contributed by atoms with E-state index in [-0.39, 0.29) is 34.3 Å². The minimum absolute atomic E-state index is 0.0631. The first-order valence-corrected chi connectivity index (χ1v) is 10.2. The molecule has 1 aliphatic heterocycles. The van der Waals surface area contributed by atoms with E-state index in [1.54, 1.807) is 12.1 Å². The lowest BCUT2D eigenvalue weighted by Crippen LogP contribution is -2.08. The zero-order valence-electron chi connectivity index (χ0n) is 18.9. The SMILES string of the molecule is COc1cc(/C=C2\Oc3cc(OC(=O)c4ccc([N+](=O)[O-])cc4)ccc3C2=O)cc(OC)c1OC. The highest BCUT2D eigenvalue weighted by atomic mass is 16.6. The topological polar surface area (TPSA) is 123 Å². The maximum absolute atomic E-state index is 12.8. The van der Waals surface area contributed by atoms with Gasteiger partial charge in [0.2, 0.25) is 11.5 Å². The summed E-state index contributed by atoms with van der Waals surface area (Å²) in [5.41, 5.74) is 0.882. The number of nitrogens with zero attached hydrogens (tertiary/aromatic N) is 1. The Morgan fingerprint density at radius 1 is 0.943 bits per heavy atom. The molecule has 3 aromatic carbocycles. The van der Waals surface area contributed by atoms with Crippen molar-refractivity contribution in [1.29, 1.82) is 0 Å². The van der Waals surface area contributed by atoms with Crippen molar-refractivity contribution in [2.75, 3.05) is 21.3 Å². The first-order chi connectivity index (χ1) is 16.8. The molecular formula is C25H19NO9. The van der Waals surface area contributed by atoms with Gasteiger partial charge in [0.1, 0.15) is 11.5 Å². The van der Waals surface area contributed by atoms with Crippen LogP contribution in [-0.2, 0) is 0 Å². The van der Waals surface area contributed by atoms with Crippen molar-refractivity contribution in [3.63, 3.8) is 0 Å². The van der Waals surface area contributed by atoms with Crippen LogP contribution in [0.3, 0.4) is 0 Å². The number of carbonyl (C=O) groups excluding carboxylic acids is 2. The third-order valence-electron chi connectivity index (χ3n) is 5.15. The number of carbonyl (C=O) groups is 2. The molecule has 10 nitrogen and oxygen atoms in total. The fraction of sp³-hybridized carbons (Fsp3) is 0.120. The second-order valence-corrected chi connectivity index (χ2v) is 7.25. The number of nitro benzene ring substituents is 1. The standard InChI is InChI=1S/C25H19NO9/c1-31-21-11-14(12-22(32-2)24(21)33-3)10-20-23(27)18-9-8-17(13-19(18)35-20)34-25(28)15-4-6-16(7-5-15)26(29)30/h4-13H,1-3H3/b20-10-. The van der Waals surface area contributed by atoms with Crippen LogP contribution in [0.4, 0.5) is 5.69 Å². The van der Waals surface area contributed by atoms with Crippen molar-refractivity contribution in [3.8, 4) is 28.7 Å². The van der Waals surface area contributed by atoms with Gasteiger partial charge in [0.05, 0.1) is 37.4 Å². The highest BCUT2D eigenvalue weighted by Gasteiger charge is 2.28. The van der Waals surface area contributed by atoms with Gasteiger partial charge in [-0.3, -0.25) is 14.9 Å². The Hall–Kier alpha value is -4.86. The Labute approximate surface area is 199 Å². The van der Waals surface area contributed by atoms with Gasteiger partial charge < -0.3 is 23.7 Å². The molecule has 1 heterocycles. The van der Waals surface area contributed by atoms with E-state index in [2.05, 4.69) is 0 Å². The van der Waals surface area contributed by atoms with Crippen LogP contribution in [0.2, 0.25) is 0 Å². The van der Waals surface area contributed by atoms with Crippen LogP contribution < -0.4 is 23.7 Å². The van der Waals surface area contributed by atoms with E-state index in [1.807, 2.05) is 0 Å². The molecule has 3 aromatic rings. The number of hydrogen-bond donors (Lipinski definition) is 0. The number of allylic oxidation sites excluding steroid dienone is 1. The first kappa shape index (κ1) is 23.3. The van der Waals surface area contributed by atoms with Gasteiger partial charge in [0, 0.05) is 18.2 Å². The molecule has 0 saturated carbocycles. The summed E-state index contributed by atoms with van der Waals surface area (Å²) in [7, 11) is 4.46. The predicted molar refractivity (Wildman–Crippen MR) is 124 cm³/mol. The van der Waals surface area contributed by atoms with Crippen LogP contribution in [-0.4, -0.2) is 38.0 Å². The minimum atomic E-state index is -0.711. The Balaban J connectivity index is 1.56. The third-order valence-corrected chi connectivity index (χ3v) is 5.15. The zero-order valence-corrected chi connectivity index (χ0v) is 18.9. The molecule has 0 saturated heterocycles. The van der Waals surface area contributed by atoms with E-state index in [0.717, 1.165) is 0 Å². The van der Waals surface area contributed by atoms with Crippen molar-refractivity contribution in [2.45, 2.75) is 0 Å². The van der Waals surface area contributed by atoms with Crippen LogP contribution in [0.1, 0.15) is 26.3 Å². The van der Waals surface area contributed by atoms with Crippen LogP contribution >= 0.6 is 0 Å². The molecule has 0 bridgehead atoms. The molecule has 1 aliphatic rings. The van der Waals surface area contributed by atoms with Gasteiger partial charge in [-0.1, -0.05) is 0 Å². The number of methoxy groups -OCH3 is 3. The van der Waals surface area contributed by atoms with E-state index in [4.69, 9.17) is 23.7 Å². The first-order valence-electron chi connectivity index (χ1n) is 10.2. The fourth-order valence-corrected chi connectivity index (χ4v) is 3.45. The maximum Gasteiger partial charge on any atom is 0.343 e. The number of rotatable bonds is 7. The second kappa shape index (κ2) is 9.56. The molecular weight excluding hydrogens is 458 g/mol. The highest BCUT2D eigenvalue weighted by molar-refractivity contribution is 6.14. The number of esters is 1. The van der Waals surface area contributed by atoms with Crippen molar-refractivity contribution in [1.82, 2.24) is 0 Å². The molecule has 0 amide bonds. The average Bonchev–Trinajstić information content (AvgIpc) is 3.17. The third kappa shape index (κ3) is 4.62. The van der Waals surface area contributed by atoms with Crippen LogP contribution in [0.25, 0.3) is 6.08 Å². The molecule has 0 radical (unpaired) electrons. The lowest BCUT2D eigenvalue weighted by atomic mass is 10.1. The van der Waals surface area contributed by atoms with Crippen molar-refractivity contribution in [2.24, 2.45) is 0 Å². The zero-order chi connectivity index (χ0) is 25.1. The van der Waals surface area contributed by atoms with Crippen molar-refractivity contribution in [3.05, 3.63) is 87.2 Å². The lowest BCUT2D eigenvalue weighted by molar-refractivity contribution is -0.384. The van der Waals surface area contributed by atoms with E-state index in [0.29, 0.717) is 28.4 Å². The molecule has 0 aromatic heterocycles. The maximum atomic E-state index is 12.8. The monoisotopic (exact) mass is 477 g/mol. The molecule has 0 spiro atoms. The Morgan fingerprint density at radius 2 is 1.60 bits per heavy atom. The van der Waals surface area contributed by atoms with Crippen LogP contribution in [0, 0.1) is 10.1 Å². The number of ether oxygens (including phenoxy) is 5. The molecule has 35 heavy (non-hydrogen) atoms. The number of fused-ring (bicyclic) bond motifs is 1. The summed E-state index contributed by atoms with van der Waals surface area (Å²) in [5.74, 6) is 0.631. The van der Waals surface area contributed by atoms with Crippen LogP contribution in [0.15, 0.2) is 60.4 Å². The number of benzene rings is 3. The van der Waals surface area contributed by atoms with Gasteiger partial charge in [0.15, 0.2) is 17.3 Å². The van der Waals surface area contributed by atoms with Gasteiger partial charge in [-0.2, -0.15) is 0 Å². The molecule has 4 rings (SSSR count). The number of non-ortho nitro benzene ring substituents is 1. The Bertz CT molecular complexity index is 1330. The van der Waals surface area contributed by atoms with Crippen molar-refractivity contribution < 1.29 is 38.2 Å². The van der Waals surface area contributed by atoms with Gasteiger partial charge >= 0.3 is 5.97 Å². The Kier molecular flexibility index (Phi) is 6.36. The fourth-order valence-electron chi connectivity index (χ4n) is 3.45. The van der Waals surface area contributed by atoms with E-state index >= 15 is 0 Å². The normalized spacial score (nSPS) is 13.1. The summed E-state index contributed by atoms with van der Waals surface area (Å²) in [6.45, 7) is 0. The predicted octanol–water partition coefficient (Wildman–Crippen LogP) is 4.46. The molecule has 0 fully saturated rings. The largest absolute Gasteiger partial charge is 0.493 e. The minimum Gasteiger partial charge on any atom is -0.493 e. The van der Waals surface area contributed by atoms with E-state index in [9.17, 15) is 19.7 Å². The summed E-state index contributed by atoms with van der Waals surface area (Å²) >= 11 is 0. The summed E-state index contributed by atoms with van der Waals surface area (Å²) < 4.78 is 27.0. The summed E-state index contributed by atoms with van der Waals surface area (Å²) in [4.78, 5) is 35.4. The number of hydrogen-bond acceptors (Lipinski definition) is 9. The lowest BCUT2D eigenvalue weighted by Gasteiger charge is -2.13. The molecule has 0 aliphatic carbocycles. The average molecular weight is 477 g/mol. The summed E-state index contributed by atoms with van der Waals surface area (Å²) in [6.07, 6.45) is 1.54. The number of Topliss-reactive ketones (excluding diaryl/α,β-unsaturated/α-hetero) is 1. The summed E-state index contributed by atoms with van der Waals surface area (Å²) in [6, 6.07) is 12.7. The van der Waals surface area contributed by atoms with E-state index in [1.165, 1.54) is 69.9 Å². The van der Waals surface area contributed by atoms with E-state index < -0.39 is 10.9 Å². The number of ketones is 1. The van der Waals surface area contributed by atoms with Gasteiger partial charge in [-0.25, -0.2) is 4.79 Å². The molecule has 178 valence electrons. The molecule has 0 unspecified atom stereocenters. The molecule has 0 atom stereocenters. The Morgan fingerprint density at radius 3 is 2.17 bits per heavy atom. The summed E-state index contributed by atoms with van der Waals surface area (Å²) in [5, 5.41) is 10.8. The van der Waals surface area contributed by atoms with Crippen LogP contribution in [0.5, 0.6) is 28.7 Å². The van der Waals surface area contributed by atoms with Crippen molar-refractivity contribution >= 4 is 23.5 Å². The quantitative estimate of drug-likeness (QED) is 0.160.